The minimum Gasteiger partial charge on any atom is -0.462 e. The van der Waals surface area contributed by atoms with Crippen LogP contribution in [0.5, 0.6) is 0 Å². The molecule has 0 aromatic rings. The van der Waals surface area contributed by atoms with Crippen molar-refractivity contribution in [3.05, 3.63) is 0 Å². The summed E-state index contributed by atoms with van der Waals surface area (Å²) in [5.74, 6) is 2.19. The Labute approximate surface area is 150 Å². The molecule has 4 nitrogen and oxygen atoms in total. The standard InChI is InChI=1S/C21H30O4/c1-12(22)24-13-6-9-20(3)16-7-8-19(2)15(4-5-17(19)23)14(16)10-18-21(20,11-13)25-18/h13-16,18H,4-11H2,1-3H3. The van der Waals surface area contributed by atoms with Gasteiger partial charge >= 0.3 is 5.97 Å². The fourth-order valence-electron chi connectivity index (χ4n) is 7.75. The molecule has 1 saturated heterocycles. The largest absolute Gasteiger partial charge is 0.462 e. The molecule has 8 atom stereocenters. The molecule has 1 heterocycles. The molecule has 4 aliphatic carbocycles. The molecule has 5 rings (SSSR count). The minimum atomic E-state index is -0.172. The van der Waals surface area contributed by atoms with Gasteiger partial charge in [0.25, 0.3) is 0 Å². The van der Waals surface area contributed by atoms with Gasteiger partial charge < -0.3 is 9.47 Å². The Kier molecular flexibility index (Phi) is 3.18. The summed E-state index contributed by atoms with van der Waals surface area (Å²) in [7, 11) is 0. The van der Waals surface area contributed by atoms with Crippen LogP contribution in [0.25, 0.3) is 0 Å². The molecule has 4 saturated carbocycles. The van der Waals surface area contributed by atoms with Gasteiger partial charge in [0, 0.05) is 30.6 Å². The quantitative estimate of drug-likeness (QED) is 0.537. The zero-order chi connectivity index (χ0) is 17.6. The monoisotopic (exact) mass is 346 g/mol. The number of ether oxygens (including phenoxy) is 2. The Morgan fingerprint density at radius 3 is 2.72 bits per heavy atom. The third kappa shape index (κ3) is 1.92. The first-order valence-electron chi connectivity index (χ1n) is 10.2. The maximum absolute atomic E-state index is 12.5. The Morgan fingerprint density at radius 2 is 1.96 bits per heavy atom. The second kappa shape index (κ2) is 4.88. The Bertz CT molecular complexity index is 644. The highest BCUT2D eigenvalue weighted by atomic mass is 16.6. The SMILES string of the molecule is CC(=O)OC1CCC2(C)C3CCC4(C)C(=O)CCC4C3CC3OC32C1. The molecule has 0 bridgehead atoms. The third-order valence-electron chi connectivity index (χ3n) is 9.08. The van der Waals surface area contributed by atoms with Crippen molar-refractivity contribution in [2.45, 2.75) is 89.9 Å². The summed E-state index contributed by atoms with van der Waals surface area (Å²) in [6.45, 7) is 6.18. The number of ketones is 1. The van der Waals surface area contributed by atoms with Gasteiger partial charge in [0.05, 0.1) is 6.10 Å². The van der Waals surface area contributed by atoms with E-state index < -0.39 is 0 Å². The molecular formula is C21H30O4. The lowest BCUT2D eigenvalue weighted by Gasteiger charge is -2.58. The summed E-state index contributed by atoms with van der Waals surface area (Å²) < 4.78 is 12.0. The van der Waals surface area contributed by atoms with Crippen LogP contribution in [0.3, 0.4) is 0 Å². The van der Waals surface area contributed by atoms with Crippen LogP contribution in [0, 0.1) is 28.6 Å². The zero-order valence-electron chi connectivity index (χ0n) is 15.7. The van der Waals surface area contributed by atoms with Gasteiger partial charge in [0.15, 0.2) is 0 Å². The molecule has 0 amide bonds. The Morgan fingerprint density at radius 1 is 1.16 bits per heavy atom. The number of hydrogen-bond acceptors (Lipinski definition) is 4. The minimum absolute atomic E-state index is 0.0223. The molecule has 0 aromatic carbocycles. The molecule has 5 aliphatic rings. The molecule has 4 heteroatoms. The first-order chi connectivity index (χ1) is 11.8. The van der Waals surface area contributed by atoms with E-state index in [1.165, 1.54) is 6.92 Å². The number of carbonyl (C=O) groups excluding carboxylic acids is 2. The average molecular weight is 346 g/mol. The van der Waals surface area contributed by atoms with E-state index in [0.717, 1.165) is 51.4 Å². The highest BCUT2D eigenvalue weighted by molar-refractivity contribution is 5.87. The van der Waals surface area contributed by atoms with Gasteiger partial charge in [-0.1, -0.05) is 13.8 Å². The van der Waals surface area contributed by atoms with Crippen molar-refractivity contribution < 1.29 is 19.1 Å². The Hall–Kier alpha value is -0.900. The van der Waals surface area contributed by atoms with Crippen LogP contribution in [-0.2, 0) is 19.1 Å². The maximum atomic E-state index is 12.5. The fourth-order valence-corrected chi connectivity index (χ4v) is 7.75. The van der Waals surface area contributed by atoms with E-state index in [2.05, 4.69) is 13.8 Å². The van der Waals surface area contributed by atoms with Crippen LogP contribution < -0.4 is 0 Å². The molecule has 1 aliphatic heterocycles. The number of epoxide rings is 1. The summed E-state index contributed by atoms with van der Waals surface area (Å²) in [6, 6.07) is 0. The molecule has 8 unspecified atom stereocenters. The van der Waals surface area contributed by atoms with Gasteiger partial charge in [-0.15, -0.1) is 0 Å². The number of hydrogen-bond donors (Lipinski definition) is 0. The van der Waals surface area contributed by atoms with Gasteiger partial charge in [0.2, 0.25) is 0 Å². The molecule has 0 N–H and O–H groups in total. The fraction of sp³-hybridized carbons (Fsp3) is 0.905. The lowest BCUT2D eigenvalue weighted by atomic mass is 9.45. The van der Waals surface area contributed by atoms with Crippen LogP contribution in [0.4, 0.5) is 0 Å². The molecule has 25 heavy (non-hydrogen) atoms. The third-order valence-corrected chi connectivity index (χ3v) is 9.08. The molecule has 138 valence electrons. The normalized spacial score (nSPS) is 56.3. The molecular weight excluding hydrogens is 316 g/mol. The van der Waals surface area contributed by atoms with Crippen molar-refractivity contribution in [3.8, 4) is 0 Å². The van der Waals surface area contributed by atoms with Gasteiger partial charge in [0.1, 0.15) is 17.5 Å². The molecule has 0 radical (unpaired) electrons. The highest BCUT2D eigenvalue weighted by Crippen LogP contribution is 2.73. The van der Waals surface area contributed by atoms with Crippen LogP contribution in [0.2, 0.25) is 0 Å². The summed E-state index contributed by atoms with van der Waals surface area (Å²) in [5.41, 5.74) is 0.0500. The van der Waals surface area contributed by atoms with Crippen molar-refractivity contribution >= 4 is 11.8 Å². The first kappa shape index (κ1) is 16.3. The van der Waals surface area contributed by atoms with Gasteiger partial charge in [-0.2, -0.15) is 0 Å². The summed E-state index contributed by atoms with van der Waals surface area (Å²) in [5, 5.41) is 0. The lowest BCUT2D eigenvalue weighted by Crippen LogP contribution is -2.58. The maximum Gasteiger partial charge on any atom is 0.302 e. The number of fused-ring (bicyclic) bond motifs is 4. The van der Waals surface area contributed by atoms with Gasteiger partial charge in [-0.3, -0.25) is 9.59 Å². The van der Waals surface area contributed by atoms with E-state index in [-0.39, 0.29) is 28.5 Å². The van der Waals surface area contributed by atoms with E-state index >= 15 is 0 Å². The lowest BCUT2D eigenvalue weighted by molar-refractivity contribution is -0.157. The average Bonchev–Trinajstić information content (AvgIpc) is 3.15. The second-order valence-electron chi connectivity index (χ2n) is 9.92. The van der Waals surface area contributed by atoms with Crippen LogP contribution in [0.15, 0.2) is 0 Å². The topological polar surface area (TPSA) is 55.9 Å². The Balaban J connectivity index is 1.44. The van der Waals surface area contributed by atoms with Crippen LogP contribution in [-0.4, -0.2) is 29.6 Å². The predicted octanol–water partition coefficient (Wildman–Crippen LogP) is 3.66. The smallest absolute Gasteiger partial charge is 0.302 e. The zero-order valence-corrected chi connectivity index (χ0v) is 15.7. The van der Waals surface area contributed by atoms with Crippen molar-refractivity contribution in [2.75, 3.05) is 0 Å². The van der Waals surface area contributed by atoms with Crippen molar-refractivity contribution in [3.63, 3.8) is 0 Å². The van der Waals surface area contributed by atoms with E-state index in [4.69, 9.17) is 9.47 Å². The van der Waals surface area contributed by atoms with Crippen molar-refractivity contribution in [1.82, 2.24) is 0 Å². The number of esters is 1. The van der Waals surface area contributed by atoms with E-state index in [1.807, 2.05) is 0 Å². The van der Waals surface area contributed by atoms with E-state index in [0.29, 0.717) is 29.6 Å². The molecule has 1 spiro atoms. The number of carbonyl (C=O) groups is 2. The number of rotatable bonds is 1. The van der Waals surface area contributed by atoms with Gasteiger partial charge in [-0.25, -0.2) is 0 Å². The highest BCUT2D eigenvalue weighted by Gasteiger charge is 2.76. The van der Waals surface area contributed by atoms with Crippen LogP contribution >= 0.6 is 0 Å². The van der Waals surface area contributed by atoms with Gasteiger partial charge in [-0.05, 0) is 56.3 Å². The molecule has 0 aromatic heterocycles. The van der Waals surface area contributed by atoms with Crippen molar-refractivity contribution in [1.29, 1.82) is 0 Å². The van der Waals surface area contributed by atoms with E-state index in [9.17, 15) is 9.59 Å². The predicted molar refractivity (Wildman–Crippen MR) is 91.8 cm³/mol. The summed E-state index contributed by atoms with van der Waals surface area (Å²) in [4.78, 5) is 23.9. The van der Waals surface area contributed by atoms with Crippen molar-refractivity contribution in [2.24, 2.45) is 28.6 Å². The first-order valence-corrected chi connectivity index (χ1v) is 10.2. The summed E-state index contributed by atoms with van der Waals surface area (Å²) in [6.07, 6.45) is 8.45. The van der Waals surface area contributed by atoms with E-state index in [1.54, 1.807) is 0 Å². The number of Topliss-reactive ketones (excluding diaryl/α,β-unsaturated/α-hetero) is 1. The summed E-state index contributed by atoms with van der Waals surface area (Å²) >= 11 is 0. The van der Waals surface area contributed by atoms with Crippen LogP contribution in [0.1, 0.15) is 72.1 Å². The molecule has 5 fully saturated rings. The second-order valence-corrected chi connectivity index (χ2v) is 9.92.